The van der Waals surface area contributed by atoms with Crippen LogP contribution in [0.25, 0.3) is 0 Å². The Labute approximate surface area is 145 Å². The van der Waals surface area contributed by atoms with E-state index in [0.717, 1.165) is 11.1 Å². The van der Waals surface area contributed by atoms with Crippen molar-refractivity contribution in [2.75, 3.05) is 20.6 Å². The van der Waals surface area contributed by atoms with Gasteiger partial charge in [0.2, 0.25) is 5.91 Å². The third kappa shape index (κ3) is 4.45. The second-order valence-electron chi connectivity index (χ2n) is 5.18. The van der Waals surface area contributed by atoms with Gasteiger partial charge < -0.3 is 15.5 Å². The van der Waals surface area contributed by atoms with E-state index in [2.05, 4.69) is 15.6 Å². The zero-order valence-electron chi connectivity index (χ0n) is 13.5. The van der Waals surface area contributed by atoms with Crippen LogP contribution in [0.15, 0.2) is 48.8 Å². The van der Waals surface area contributed by atoms with Crippen LogP contribution in [-0.4, -0.2) is 42.5 Å². The minimum absolute atomic E-state index is 0.0967. The summed E-state index contributed by atoms with van der Waals surface area (Å²) in [6.45, 7) is -0.0967. The maximum absolute atomic E-state index is 12.5. The first kappa shape index (κ1) is 17.7. The van der Waals surface area contributed by atoms with Crippen molar-refractivity contribution < 1.29 is 9.59 Å². The SMILES string of the molecule is CNC(=O)NCC(=O)N(C)[C@@H](c1ccc(Cl)cc1)c1cccnc1. The standard InChI is InChI=1S/C17H19ClN4O2/c1-19-17(24)21-11-15(23)22(2)16(13-4-3-9-20-10-13)12-5-7-14(18)8-6-12/h3-10,16H,11H2,1-2H3,(H2,19,21,24)/t16-/m0/s1. The molecule has 24 heavy (non-hydrogen) atoms. The molecule has 0 saturated heterocycles. The molecule has 1 heterocycles. The number of carbonyl (C=O) groups is 2. The lowest BCUT2D eigenvalue weighted by atomic mass is 9.99. The number of aromatic nitrogens is 1. The van der Waals surface area contributed by atoms with Crippen LogP contribution in [0.1, 0.15) is 17.2 Å². The molecule has 0 spiro atoms. The van der Waals surface area contributed by atoms with Crippen molar-refractivity contribution in [3.05, 3.63) is 64.9 Å². The van der Waals surface area contributed by atoms with Gasteiger partial charge in [0.15, 0.2) is 0 Å². The normalized spacial score (nSPS) is 11.5. The fourth-order valence-corrected chi connectivity index (χ4v) is 2.46. The van der Waals surface area contributed by atoms with Crippen molar-refractivity contribution in [1.82, 2.24) is 20.5 Å². The molecule has 0 fully saturated rings. The fraction of sp³-hybridized carbons (Fsp3) is 0.235. The van der Waals surface area contributed by atoms with Gasteiger partial charge in [-0.1, -0.05) is 29.8 Å². The Balaban J connectivity index is 2.27. The highest BCUT2D eigenvalue weighted by Crippen LogP contribution is 2.28. The van der Waals surface area contributed by atoms with E-state index in [1.165, 1.54) is 7.05 Å². The van der Waals surface area contributed by atoms with Crippen LogP contribution in [0.4, 0.5) is 4.79 Å². The molecule has 6 nitrogen and oxygen atoms in total. The van der Waals surface area contributed by atoms with Gasteiger partial charge in [0.05, 0.1) is 12.6 Å². The first-order valence-electron chi connectivity index (χ1n) is 7.39. The van der Waals surface area contributed by atoms with Gasteiger partial charge in [-0.2, -0.15) is 0 Å². The summed E-state index contributed by atoms with van der Waals surface area (Å²) in [6, 6.07) is 10.3. The van der Waals surface area contributed by atoms with Gasteiger partial charge in [0.1, 0.15) is 0 Å². The Bertz CT molecular complexity index is 691. The average molecular weight is 347 g/mol. The number of urea groups is 1. The Morgan fingerprint density at radius 2 is 1.92 bits per heavy atom. The number of carbonyl (C=O) groups excluding carboxylic acids is 2. The molecule has 2 aromatic rings. The van der Waals surface area contributed by atoms with E-state index < -0.39 is 6.03 Å². The van der Waals surface area contributed by atoms with Crippen molar-refractivity contribution in [2.45, 2.75) is 6.04 Å². The maximum atomic E-state index is 12.5. The minimum atomic E-state index is -0.402. The summed E-state index contributed by atoms with van der Waals surface area (Å²) in [5.41, 5.74) is 1.78. The first-order chi connectivity index (χ1) is 11.5. The summed E-state index contributed by atoms with van der Waals surface area (Å²) < 4.78 is 0. The molecule has 0 aliphatic heterocycles. The van der Waals surface area contributed by atoms with Crippen molar-refractivity contribution in [2.24, 2.45) is 0 Å². The minimum Gasteiger partial charge on any atom is -0.341 e. The zero-order valence-corrected chi connectivity index (χ0v) is 14.2. The topological polar surface area (TPSA) is 74.3 Å². The monoisotopic (exact) mass is 346 g/mol. The fourth-order valence-electron chi connectivity index (χ4n) is 2.34. The van der Waals surface area contributed by atoms with Gasteiger partial charge >= 0.3 is 6.03 Å². The first-order valence-corrected chi connectivity index (χ1v) is 7.77. The average Bonchev–Trinajstić information content (AvgIpc) is 2.62. The molecule has 7 heteroatoms. The molecule has 0 bridgehead atoms. The summed E-state index contributed by atoms with van der Waals surface area (Å²) in [5, 5.41) is 5.54. The lowest BCUT2D eigenvalue weighted by Crippen LogP contribution is -2.42. The summed E-state index contributed by atoms with van der Waals surface area (Å²) in [7, 11) is 3.19. The lowest BCUT2D eigenvalue weighted by Gasteiger charge is -2.29. The van der Waals surface area contributed by atoms with Gasteiger partial charge in [0.25, 0.3) is 0 Å². The Morgan fingerprint density at radius 3 is 2.50 bits per heavy atom. The molecular formula is C17H19ClN4O2. The molecular weight excluding hydrogens is 328 g/mol. The predicted molar refractivity (Wildman–Crippen MR) is 92.8 cm³/mol. The van der Waals surface area contributed by atoms with E-state index in [9.17, 15) is 9.59 Å². The van der Waals surface area contributed by atoms with E-state index in [4.69, 9.17) is 11.6 Å². The quantitative estimate of drug-likeness (QED) is 0.871. The molecule has 2 rings (SSSR count). The summed E-state index contributed by atoms with van der Waals surface area (Å²) >= 11 is 5.96. The van der Waals surface area contributed by atoms with E-state index in [0.29, 0.717) is 5.02 Å². The van der Waals surface area contributed by atoms with E-state index >= 15 is 0 Å². The van der Waals surface area contributed by atoms with Crippen molar-refractivity contribution in [1.29, 1.82) is 0 Å². The van der Waals surface area contributed by atoms with Crippen LogP contribution in [0.3, 0.4) is 0 Å². The van der Waals surface area contributed by atoms with Crippen LogP contribution in [0.5, 0.6) is 0 Å². The summed E-state index contributed by atoms with van der Waals surface area (Å²) in [5.74, 6) is -0.220. The number of rotatable bonds is 5. The van der Waals surface area contributed by atoms with Crippen LogP contribution in [0.2, 0.25) is 5.02 Å². The number of nitrogens with zero attached hydrogens (tertiary/aromatic N) is 2. The smallest absolute Gasteiger partial charge is 0.314 e. The second-order valence-corrected chi connectivity index (χ2v) is 5.61. The lowest BCUT2D eigenvalue weighted by molar-refractivity contribution is -0.130. The van der Waals surface area contributed by atoms with Crippen LogP contribution < -0.4 is 10.6 Å². The highest BCUT2D eigenvalue weighted by Gasteiger charge is 2.23. The van der Waals surface area contributed by atoms with E-state index in [-0.39, 0.29) is 18.5 Å². The number of halogens is 1. The number of hydrogen-bond acceptors (Lipinski definition) is 3. The van der Waals surface area contributed by atoms with Gasteiger partial charge in [-0.3, -0.25) is 9.78 Å². The molecule has 2 N–H and O–H groups in total. The predicted octanol–water partition coefficient (Wildman–Crippen LogP) is 2.21. The molecule has 0 saturated carbocycles. The molecule has 0 unspecified atom stereocenters. The van der Waals surface area contributed by atoms with Crippen molar-refractivity contribution in [3.63, 3.8) is 0 Å². The zero-order chi connectivity index (χ0) is 17.5. The number of nitrogens with one attached hydrogen (secondary N) is 2. The molecule has 126 valence electrons. The molecule has 1 atom stereocenters. The molecule has 1 aromatic heterocycles. The van der Waals surface area contributed by atoms with Crippen molar-refractivity contribution in [3.8, 4) is 0 Å². The highest BCUT2D eigenvalue weighted by atomic mass is 35.5. The van der Waals surface area contributed by atoms with Crippen molar-refractivity contribution >= 4 is 23.5 Å². The van der Waals surface area contributed by atoms with E-state index in [1.54, 1.807) is 36.5 Å². The molecule has 0 aliphatic carbocycles. The number of hydrogen-bond donors (Lipinski definition) is 2. The van der Waals surface area contributed by atoms with Gasteiger partial charge in [-0.15, -0.1) is 0 Å². The largest absolute Gasteiger partial charge is 0.341 e. The van der Waals surface area contributed by atoms with E-state index in [1.807, 2.05) is 24.3 Å². The van der Waals surface area contributed by atoms with Gasteiger partial charge in [-0.25, -0.2) is 4.79 Å². The molecule has 1 aromatic carbocycles. The number of amides is 3. The second kappa shape index (κ2) is 8.31. The molecule has 3 amide bonds. The summed E-state index contributed by atoms with van der Waals surface area (Å²) in [6.07, 6.45) is 3.40. The molecule has 0 aliphatic rings. The Kier molecular flexibility index (Phi) is 6.14. The third-order valence-corrected chi connectivity index (χ3v) is 3.85. The third-order valence-electron chi connectivity index (χ3n) is 3.59. The van der Waals surface area contributed by atoms with Gasteiger partial charge in [-0.05, 0) is 29.3 Å². The number of likely N-dealkylation sites (N-methyl/N-ethyl adjacent to an activating group) is 1. The Morgan fingerprint density at radius 1 is 1.21 bits per heavy atom. The number of benzene rings is 1. The Hall–Kier alpha value is -2.60. The summed E-state index contributed by atoms with van der Waals surface area (Å²) in [4.78, 5) is 29.4. The highest BCUT2D eigenvalue weighted by molar-refractivity contribution is 6.30. The maximum Gasteiger partial charge on any atom is 0.314 e. The van der Waals surface area contributed by atoms with Gasteiger partial charge in [0, 0.05) is 31.5 Å². The number of pyridine rings is 1. The van der Waals surface area contributed by atoms with Crippen LogP contribution in [-0.2, 0) is 4.79 Å². The molecule has 0 radical (unpaired) electrons. The van der Waals surface area contributed by atoms with Crippen LogP contribution >= 0.6 is 11.6 Å². The van der Waals surface area contributed by atoms with Crippen LogP contribution in [0, 0.1) is 0 Å².